The number of hydrazine groups is 1. The van der Waals surface area contributed by atoms with E-state index in [1.54, 1.807) is 0 Å². The average molecular weight is 928 g/mol. The lowest BCUT2D eigenvalue weighted by Gasteiger charge is -2.37. The first kappa shape index (κ1) is 40.4. The van der Waals surface area contributed by atoms with Crippen molar-refractivity contribution < 1.29 is 0 Å². The summed E-state index contributed by atoms with van der Waals surface area (Å²) < 4.78 is 5.07. The molecule has 2 aliphatic heterocycles. The highest BCUT2D eigenvalue weighted by molar-refractivity contribution is 6.16. The van der Waals surface area contributed by atoms with Gasteiger partial charge in [0.1, 0.15) is 5.82 Å². The van der Waals surface area contributed by atoms with Gasteiger partial charge in [0.2, 0.25) is 0 Å². The van der Waals surface area contributed by atoms with Crippen LogP contribution in [0.4, 0.5) is 5.69 Å². The Kier molecular flexibility index (Phi) is 7.62. The summed E-state index contributed by atoms with van der Waals surface area (Å²) in [5, 5.41) is 4.96. The summed E-state index contributed by atoms with van der Waals surface area (Å²) in [6.45, 7) is 14.4. The molecular weight excluding hydrogens is 875 g/mol. The summed E-state index contributed by atoms with van der Waals surface area (Å²) in [6, 6.07) is 64.2. The lowest BCUT2D eigenvalue weighted by molar-refractivity contribution is 0.610. The molecule has 10 aromatic rings. The largest absolute Gasteiger partial charge is 0.319 e. The molecule has 0 saturated heterocycles. The van der Waals surface area contributed by atoms with E-state index in [0.29, 0.717) is 0 Å². The predicted molar refractivity (Wildman–Crippen MR) is 299 cm³/mol. The van der Waals surface area contributed by atoms with E-state index in [4.69, 9.17) is 0 Å². The number of nitrogens with zero attached hydrogens (tertiary/aromatic N) is 3. The van der Waals surface area contributed by atoms with Crippen molar-refractivity contribution in [3.63, 3.8) is 0 Å². The van der Waals surface area contributed by atoms with Crippen molar-refractivity contribution in [3.05, 3.63) is 238 Å². The Morgan fingerprint density at radius 3 is 1.57 bits per heavy atom. The Hall–Kier alpha value is -8.28. The summed E-state index contributed by atoms with van der Waals surface area (Å²) in [5.41, 5.74) is 32.2. The maximum Gasteiger partial charge on any atom is 0.154 e. The highest BCUT2D eigenvalue weighted by Gasteiger charge is 2.47. The van der Waals surface area contributed by atoms with Crippen LogP contribution in [-0.4, -0.2) is 15.2 Å². The molecule has 6 aliphatic rings. The Balaban J connectivity index is 0.995. The average Bonchev–Trinajstić information content (AvgIpc) is 4.18. The van der Waals surface area contributed by atoms with Gasteiger partial charge in [-0.1, -0.05) is 181 Å². The highest BCUT2D eigenvalue weighted by Crippen LogP contribution is 2.58. The Morgan fingerprint density at radius 2 is 0.931 bits per heavy atom. The molecule has 8 aromatic carbocycles. The number of aromatic nitrogens is 2. The number of allylic oxidation sites excluding steroid dienone is 4. The number of fused-ring (bicyclic) bond motifs is 18. The summed E-state index contributed by atoms with van der Waals surface area (Å²) in [5.74, 6) is 2.16. The second kappa shape index (κ2) is 13.6. The normalized spacial score (nSPS) is 20.0. The van der Waals surface area contributed by atoms with E-state index in [1.807, 2.05) is 0 Å². The quantitative estimate of drug-likeness (QED) is 0.185. The van der Waals surface area contributed by atoms with E-state index in [1.165, 1.54) is 116 Å². The molecule has 0 saturated carbocycles. The summed E-state index contributed by atoms with van der Waals surface area (Å²) in [4.78, 5) is 2.58. The number of anilines is 1. The monoisotopic (exact) mass is 927 g/mol. The van der Waals surface area contributed by atoms with E-state index in [2.05, 4.69) is 255 Å². The summed E-state index contributed by atoms with van der Waals surface area (Å²) in [6.07, 6.45) is 7.62. The number of nitrogens with one attached hydrogen (secondary N) is 2. The molecule has 346 valence electrons. The van der Waals surface area contributed by atoms with Gasteiger partial charge in [0.15, 0.2) is 5.82 Å². The molecule has 2 unspecified atom stereocenters. The highest BCUT2D eigenvalue weighted by atomic mass is 15.5. The first-order valence-electron chi connectivity index (χ1n) is 25.8. The molecule has 0 fully saturated rings. The van der Waals surface area contributed by atoms with E-state index in [-0.39, 0.29) is 28.2 Å². The summed E-state index contributed by atoms with van der Waals surface area (Å²) >= 11 is 0. The molecule has 0 amide bonds. The maximum atomic E-state index is 4.02. The van der Waals surface area contributed by atoms with Crippen LogP contribution in [0.25, 0.3) is 83.0 Å². The molecule has 4 aliphatic carbocycles. The van der Waals surface area contributed by atoms with Crippen molar-refractivity contribution in [1.82, 2.24) is 20.0 Å². The van der Waals surface area contributed by atoms with Gasteiger partial charge < -0.3 is 9.47 Å². The molecule has 72 heavy (non-hydrogen) atoms. The van der Waals surface area contributed by atoms with Gasteiger partial charge in [-0.15, -0.1) is 0 Å². The Morgan fingerprint density at radius 1 is 0.417 bits per heavy atom. The van der Waals surface area contributed by atoms with Crippen LogP contribution in [0.5, 0.6) is 0 Å². The molecule has 0 radical (unpaired) electrons. The zero-order valence-electron chi connectivity index (χ0n) is 41.4. The fourth-order valence-corrected chi connectivity index (χ4v) is 14.6. The van der Waals surface area contributed by atoms with Crippen LogP contribution < -0.4 is 15.8 Å². The van der Waals surface area contributed by atoms with Crippen LogP contribution in [-0.2, 0) is 16.2 Å². The van der Waals surface area contributed by atoms with Crippen LogP contribution in [0, 0.1) is 0 Å². The van der Waals surface area contributed by atoms with E-state index < -0.39 is 0 Å². The van der Waals surface area contributed by atoms with Gasteiger partial charge in [0.05, 0.1) is 33.8 Å². The lowest BCUT2D eigenvalue weighted by Crippen LogP contribution is -2.46. The maximum absolute atomic E-state index is 4.02. The van der Waals surface area contributed by atoms with Crippen molar-refractivity contribution in [2.75, 3.05) is 4.90 Å². The first-order chi connectivity index (χ1) is 35.0. The van der Waals surface area contributed by atoms with Crippen LogP contribution >= 0.6 is 0 Å². The number of hydrogen-bond acceptors (Lipinski definition) is 3. The van der Waals surface area contributed by atoms with Crippen LogP contribution in [0.1, 0.15) is 86.4 Å². The van der Waals surface area contributed by atoms with E-state index in [9.17, 15) is 0 Å². The number of benzene rings is 8. The molecule has 16 rings (SSSR count). The standard InChI is InChI=1S/C67H53N5/c1-65(2)50-25-13-7-19-38(50)44-31-47-41-22-10-16-28-56(41)70(59(47)34-53(44)65)62-37-63(71-57-29-17-11-23-42(57)48-32-45-39-20-8-14-26-51(39)66(3,4)54(45)35-60(48)71)68-69-64(62)72-58-30-18-12-24-43(58)49-33-46-40-21-9-15-27-52(40)67(5,6)55(46)36-61(49)72/h7-37,48,60,68-69H,1-6H3. The SMILES string of the molecule is CC1(C)C2=CC3C(C=C2c2ccccc21)c1ccccc1N3C1=CC(n2c3ccccc3c3cc4c(cc32)C(C)(C)c2ccccc2-4)=C(n2c3ccccc3c3cc4c(cc32)C(C)(C)c2ccccc2-4)NN1. The molecule has 0 spiro atoms. The predicted octanol–water partition coefficient (Wildman–Crippen LogP) is 15.5. The van der Waals surface area contributed by atoms with E-state index >= 15 is 0 Å². The molecule has 5 heteroatoms. The van der Waals surface area contributed by atoms with Crippen LogP contribution in [0.2, 0.25) is 0 Å². The first-order valence-corrected chi connectivity index (χ1v) is 25.8. The minimum atomic E-state index is -0.174. The molecule has 2 aromatic heterocycles. The van der Waals surface area contributed by atoms with Gasteiger partial charge >= 0.3 is 0 Å². The third-order valence-electron chi connectivity index (χ3n) is 18.1. The topological polar surface area (TPSA) is 37.2 Å². The number of para-hydroxylation sites is 3. The molecule has 0 bridgehead atoms. The van der Waals surface area contributed by atoms with Gasteiger partial charge in [-0.2, -0.15) is 0 Å². The van der Waals surface area contributed by atoms with Crippen LogP contribution in [0.3, 0.4) is 0 Å². The molecular formula is C67H53N5. The zero-order valence-corrected chi connectivity index (χ0v) is 41.4. The van der Waals surface area contributed by atoms with Crippen molar-refractivity contribution in [3.8, 4) is 22.3 Å². The second-order valence-corrected chi connectivity index (χ2v) is 22.7. The third kappa shape index (κ3) is 4.94. The molecule has 2 atom stereocenters. The Bertz CT molecular complexity index is 4270. The van der Waals surface area contributed by atoms with Gasteiger partial charge in [-0.25, -0.2) is 0 Å². The summed E-state index contributed by atoms with van der Waals surface area (Å²) in [7, 11) is 0. The smallest absolute Gasteiger partial charge is 0.154 e. The van der Waals surface area contributed by atoms with Gasteiger partial charge in [0.25, 0.3) is 0 Å². The number of hydrogen-bond donors (Lipinski definition) is 2. The van der Waals surface area contributed by atoms with E-state index in [0.717, 1.165) is 22.9 Å². The van der Waals surface area contributed by atoms with Crippen molar-refractivity contribution in [1.29, 1.82) is 0 Å². The fourth-order valence-electron chi connectivity index (χ4n) is 14.6. The van der Waals surface area contributed by atoms with Crippen molar-refractivity contribution in [2.24, 2.45) is 0 Å². The van der Waals surface area contributed by atoms with Gasteiger partial charge in [0, 0.05) is 55.5 Å². The minimum Gasteiger partial charge on any atom is -0.319 e. The van der Waals surface area contributed by atoms with Gasteiger partial charge in [-0.3, -0.25) is 15.4 Å². The lowest BCUT2D eigenvalue weighted by atomic mass is 9.77. The van der Waals surface area contributed by atoms with Gasteiger partial charge in [-0.05, 0) is 115 Å². The van der Waals surface area contributed by atoms with Crippen molar-refractivity contribution >= 4 is 66.4 Å². The number of rotatable bonds is 3. The minimum absolute atomic E-state index is 0.0542. The molecule has 4 heterocycles. The molecule has 5 nitrogen and oxygen atoms in total. The van der Waals surface area contributed by atoms with Crippen LogP contribution in [0.15, 0.2) is 199 Å². The third-order valence-corrected chi connectivity index (χ3v) is 18.1. The fraction of sp³-hybridized carbons (Fsp3) is 0.164. The van der Waals surface area contributed by atoms with Crippen molar-refractivity contribution in [2.45, 2.75) is 69.7 Å². The molecule has 2 N–H and O–H groups in total. The zero-order chi connectivity index (χ0) is 48.2. The second-order valence-electron chi connectivity index (χ2n) is 22.7. The Labute approximate surface area is 419 Å².